The van der Waals surface area contributed by atoms with Gasteiger partial charge in [-0.15, -0.1) is 23.2 Å². The van der Waals surface area contributed by atoms with E-state index in [4.69, 9.17) is 37.4 Å². The Kier molecular flexibility index (Phi) is 8.01. The Balaban J connectivity index is 1.32. The third-order valence-corrected chi connectivity index (χ3v) is 12.2. The number of phenols is 1. The molecule has 1 N–H and O–H groups in total. The van der Waals surface area contributed by atoms with Crippen molar-refractivity contribution in [3.63, 3.8) is 0 Å². The lowest BCUT2D eigenvalue weighted by atomic mass is 9.56. The summed E-state index contributed by atoms with van der Waals surface area (Å²) in [6.07, 6.45) is 1.94. The van der Waals surface area contributed by atoms with E-state index < -0.39 is 51.1 Å². The number of halogens is 3. The number of imide groups is 2. The maximum Gasteiger partial charge on any atom is 0.254 e. The molecule has 2 aromatic rings. The van der Waals surface area contributed by atoms with Crippen molar-refractivity contribution >= 4 is 74.1 Å². The van der Waals surface area contributed by atoms with Crippen LogP contribution in [0.1, 0.15) is 24.3 Å². The second kappa shape index (κ2) is 11.7. The van der Waals surface area contributed by atoms with E-state index in [1.807, 2.05) is 18.2 Å². The molecule has 47 heavy (non-hydrogen) atoms. The summed E-state index contributed by atoms with van der Waals surface area (Å²) in [5.41, 5.74) is 2.31. The zero-order valence-corrected chi connectivity index (χ0v) is 28.7. The van der Waals surface area contributed by atoms with Crippen LogP contribution in [0.2, 0.25) is 0 Å². The number of anilines is 2. The summed E-state index contributed by atoms with van der Waals surface area (Å²) in [5, 5.41) is 10.7. The number of carbonyl (C=O) groups is 4. The Morgan fingerprint density at radius 3 is 2.15 bits per heavy atom. The number of allylic oxidation sites excluding steroid dienone is 2. The van der Waals surface area contributed by atoms with Crippen molar-refractivity contribution in [2.24, 2.45) is 17.8 Å². The van der Waals surface area contributed by atoms with Crippen molar-refractivity contribution in [2.75, 3.05) is 55.8 Å². The lowest BCUT2D eigenvalue weighted by Crippen LogP contribution is -2.60. The molecule has 1 saturated carbocycles. The van der Waals surface area contributed by atoms with Gasteiger partial charge in [0.1, 0.15) is 0 Å². The summed E-state index contributed by atoms with van der Waals surface area (Å²) >= 11 is 17.9. The van der Waals surface area contributed by atoms with Crippen LogP contribution >= 0.6 is 39.1 Å². The number of carbonyl (C=O) groups excluding carboxylic acids is 4. The number of alkyl halides is 3. The fraction of sp³-hybridized carbons (Fsp3) is 0.455. The highest BCUT2D eigenvalue weighted by atomic mass is 79.9. The summed E-state index contributed by atoms with van der Waals surface area (Å²) < 4.78 is 16.3. The first kappa shape index (κ1) is 32.2. The number of likely N-dealkylation sites (tertiary alicyclic amines) is 1. The molecule has 3 saturated heterocycles. The molecular weight excluding hydrogens is 717 g/mol. The van der Waals surface area contributed by atoms with E-state index in [1.165, 1.54) is 31.3 Å². The molecule has 3 aliphatic heterocycles. The van der Waals surface area contributed by atoms with E-state index in [-0.39, 0.29) is 41.5 Å². The minimum atomic E-state index is -2.00. The van der Waals surface area contributed by atoms with Gasteiger partial charge in [0.2, 0.25) is 17.6 Å². The van der Waals surface area contributed by atoms with Crippen molar-refractivity contribution < 1.29 is 38.5 Å². The number of benzene rings is 2. The maximum atomic E-state index is 14.4. The third kappa shape index (κ3) is 4.47. The predicted molar refractivity (Wildman–Crippen MR) is 177 cm³/mol. The molecule has 11 nitrogen and oxygen atoms in total. The molecule has 7 rings (SSSR count). The van der Waals surface area contributed by atoms with Gasteiger partial charge in [-0.1, -0.05) is 27.6 Å². The Morgan fingerprint density at radius 1 is 0.936 bits per heavy atom. The van der Waals surface area contributed by atoms with Crippen molar-refractivity contribution in [3.8, 4) is 17.2 Å². The minimum absolute atomic E-state index is 0.0594. The molecule has 4 fully saturated rings. The van der Waals surface area contributed by atoms with E-state index in [9.17, 15) is 24.3 Å². The Labute approximate surface area is 289 Å². The number of fused-ring (bicyclic) bond motifs is 4. The van der Waals surface area contributed by atoms with Crippen LogP contribution in [0.15, 0.2) is 48.0 Å². The Bertz CT molecular complexity index is 1690. The van der Waals surface area contributed by atoms with Crippen molar-refractivity contribution in [1.29, 1.82) is 0 Å². The number of phenolic OH excluding ortho intramolecular Hbond substituents is 1. The summed E-state index contributed by atoms with van der Waals surface area (Å²) in [7, 11) is 2.74. The second-order valence-electron chi connectivity index (χ2n) is 12.4. The number of amides is 4. The van der Waals surface area contributed by atoms with Crippen LogP contribution in [0.3, 0.4) is 0 Å². The number of nitrogens with zero attached hydrogens (tertiary/aromatic N) is 3. The van der Waals surface area contributed by atoms with Gasteiger partial charge in [-0.3, -0.25) is 29.0 Å². The van der Waals surface area contributed by atoms with E-state index in [0.717, 1.165) is 23.7 Å². The molecule has 0 aromatic heterocycles. The molecule has 0 bridgehead atoms. The quantitative estimate of drug-likeness (QED) is 0.201. The average Bonchev–Trinajstić information content (AvgIpc) is 3.42. The van der Waals surface area contributed by atoms with Gasteiger partial charge in [-0.25, -0.2) is 0 Å². The predicted octanol–water partition coefficient (Wildman–Crippen LogP) is 4.16. The summed E-state index contributed by atoms with van der Waals surface area (Å²) in [6, 6.07) is 10.4. The number of methoxy groups -OCH3 is 2. The van der Waals surface area contributed by atoms with Crippen LogP contribution in [0.5, 0.6) is 17.2 Å². The van der Waals surface area contributed by atoms with Crippen LogP contribution < -0.4 is 19.3 Å². The summed E-state index contributed by atoms with van der Waals surface area (Å²) in [5.74, 6) is -5.51. The minimum Gasteiger partial charge on any atom is -0.502 e. The van der Waals surface area contributed by atoms with E-state index in [0.29, 0.717) is 30.0 Å². The van der Waals surface area contributed by atoms with Gasteiger partial charge in [0, 0.05) is 24.7 Å². The summed E-state index contributed by atoms with van der Waals surface area (Å²) in [6.45, 7) is 2.75. The fourth-order valence-electron chi connectivity index (χ4n) is 8.10. The first-order valence-corrected chi connectivity index (χ1v) is 17.1. The van der Waals surface area contributed by atoms with Crippen LogP contribution in [-0.4, -0.2) is 89.4 Å². The normalized spacial score (nSPS) is 31.9. The van der Waals surface area contributed by atoms with E-state index in [1.54, 1.807) is 12.1 Å². The van der Waals surface area contributed by atoms with Crippen molar-refractivity contribution in [1.82, 2.24) is 4.90 Å². The third-order valence-electron chi connectivity index (χ3n) is 10.3. The molecule has 3 heterocycles. The van der Waals surface area contributed by atoms with Gasteiger partial charge in [0.15, 0.2) is 21.2 Å². The number of hydrogen-bond donors (Lipinski definition) is 1. The number of rotatable bonds is 6. The van der Waals surface area contributed by atoms with Crippen LogP contribution in [0.4, 0.5) is 11.4 Å². The Hall–Kier alpha value is -3.32. The lowest BCUT2D eigenvalue weighted by molar-refractivity contribution is -0.138. The van der Waals surface area contributed by atoms with Crippen LogP contribution in [0.25, 0.3) is 0 Å². The monoisotopic (exact) mass is 747 g/mol. The topological polar surface area (TPSA) is 126 Å². The number of aromatic hydroxyl groups is 1. The molecule has 2 aliphatic carbocycles. The van der Waals surface area contributed by atoms with Gasteiger partial charge >= 0.3 is 0 Å². The van der Waals surface area contributed by atoms with Gasteiger partial charge in [-0.05, 0) is 60.7 Å². The maximum absolute atomic E-state index is 14.4. The molecule has 6 unspecified atom stereocenters. The van der Waals surface area contributed by atoms with E-state index in [2.05, 4.69) is 20.8 Å². The van der Waals surface area contributed by atoms with Crippen molar-refractivity contribution in [2.45, 2.75) is 28.5 Å². The molecule has 2 aromatic carbocycles. The smallest absolute Gasteiger partial charge is 0.254 e. The highest BCUT2D eigenvalue weighted by Crippen LogP contribution is 2.66. The standard InChI is InChI=1S/C33H32BrCl2N3O8/c1-45-23-13-17(14-24(46-2)27(23)40)26-20-7-8-21-25(22(20)15-32(35)30(43)38(16-34)31(44)33(26,32)36)29(42)39(28(21)41)19-5-3-18(4-6-19)37-9-11-47-12-10-37/h3-7,13-14,21-22,25-26,40H,8-12,15-16H2,1-2H3. The van der Waals surface area contributed by atoms with Gasteiger partial charge < -0.3 is 24.2 Å². The fourth-order valence-corrected chi connectivity index (χ4v) is 9.52. The largest absolute Gasteiger partial charge is 0.502 e. The summed E-state index contributed by atoms with van der Waals surface area (Å²) in [4.78, 5) is 56.7. The van der Waals surface area contributed by atoms with Gasteiger partial charge in [0.25, 0.3) is 11.8 Å². The SMILES string of the molecule is COc1cc(C2C3=CCC4C(=O)N(c5ccc(N6CCOCC6)cc5)C(=O)C4C3CC3(Cl)C(=O)N(CBr)C(=O)C23Cl)cc(OC)c1O. The molecule has 248 valence electrons. The first-order chi connectivity index (χ1) is 22.5. The number of morpholine rings is 1. The van der Waals surface area contributed by atoms with Crippen LogP contribution in [0, 0.1) is 17.8 Å². The second-order valence-corrected chi connectivity index (χ2v) is 14.1. The number of ether oxygens (including phenoxy) is 3. The van der Waals surface area contributed by atoms with E-state index >= 15 is 0 Å². The molecular formula is C33H32BrCl2N3O8. The highest BCUT2D eigenvalue weighted by molar-refractivity contribution is 9.09. The highest BCUT2D eigenvalue weighted by Gasteiger charge is 2.76. The van der Waals surface area contributed by atoms with Crippen LogP contribution in [-0.2, 0) is 23.9 Å². The molecule has 5 aliphatic rings. The molecule has 0 radical (unpaired) electrons. The van der Waals surface area contributed by atoms with Gasteiger partial charge in [-0.2, -0.15) is 0 Å². The first-order valence-electron chi connectivity index (χ1n) is 15.3. The molecule has 4 amide bonds. The zero-order valence-electron chi connectivity index (χ0n) is 25.6. The zero-order chi connectivity index (χ0) is 33.4. The van der Waals surface area contributed by atoms with Crippen molar-refractivity contribution in [3.05, 3.63) is 53.6 Å². The van der Waals surface area contributed by atoms with Gasteiger partial charge in [0.05, 0.1) is 50.4 Å². The molecule has 6 atom stereocenters. The molecule has 14 heteroatoms. The number of hydrogen-bond acceptors (Lipinski definition) is 9. The Morgan fingerprint density at radius 2 is 1.55 bits per heavy atom. The molecule has 0 spiro atoms. The average molecular weight is 749 g/mol. The lowest BCUT2D eigenvalue weighted by Gasteiger charge is -2.50.